The van der Waals surface area contributed by atoms with Gasteiger partial charge in [-0.1, -0.05) is 0 Å². The molecule has 0 aliphatic rings. The first-order valence-electron chi connectivity index (χ1n) is 6.34. The average Bonchev–Trinajstić information content (AvgIpc) is 2.95. The standard InChI is InChI=1S/C12H18N4O5/c1-21-10(17)4-3-9(11(18)19)15-12(20)13-6-8-16-7-2-5-14-16/h2,5,7,9H,3-4,6,8H2,1H3,(H,18,19)(H2,13,15,20)/t9-/m0/s1. The van der Waals surface area contributed by atoms with Gasteiger partial charge >= 0.3 is 18.0 Å². The van der Waals surface area contributed by atoms with Gasteiger partial charge in [0, 0.05) is 25.4 Å². The number of carbonyl (C=O) groups excluding carboxylic acids is 2. The highest BCUT2D eigenvalue weighted by Gasteiger charge is 2.20. The van der Waals surface area contributed by atoms with Crippen LogP contribution in [0.5, 0.6) is 0 Å². The molecule has 116 valence electrons. The Morgan fingerprint density at radius 3 is 2.76 bits per heavy atom. The summed E-state index contributed by atoms with van der Waals surface area (Å²) in [5.41, 5.74) is 0. The zero-order chi connectivity index (χ0) is 15.7. The van der Waals surface area contributed by atoms with Gasteiger partial charge in [-0.2, -0.15) is 5.10 Å². The van der Waals surface area contributed by atoms with Crippen molar-refractivity contribution >= 4 is 18.0 Å². The van der Waals surface area contributed by atoms with E-state index < -0.39 is 24.0 Å². The average molecular weight is 298 g/mol. The van der Waals surface area contributed by atoms with Crippen molar-refractivity contribution in [3.63, 3.8) is 0 Å². The van der Waals surface area contributed by atoms with Crippen LogP contribution in [-0.2, 0) is 20.9 Å². The first-order valence-corrected chi connectivity index (χ1v) is 6.34. The Morgan fingerprint density at radius 2 is 2.19 bits per heavy atom. The molecule has 0 aromatic carbocycles. The number of aliphatic carboxylic acids is 1. The summed E-state index contributed by atoms with van der Waals surface area (Å²) in [5, 5.41) is 17.7. The Bertz CT molecular complexity index is 474. The molecule has 1 heterocycles. The molecule has 0 unspecified atom stereocenters. The second-order valence-corrected chi connectivity index (χ2v) is 4.18. The van der Waals surface area contributed by atoms with Crippen molar-refractivity contribution in [2.45, 2.75) is 25.4 Å². The van der Waals surface area contributed by atoms with Crippen molar-refractivity contribution in [1.82, 2.24) is 20.4 Å². The Hall–Kier alpha value is -2.58. The van der Waals surface area contributed by atoms with Gasteiger partial charge in [-0.25, -0.2) is 9.59 Å². The number of rotatable bonds is 8. The molecule has 3 N–H and O–H groups in total. The van der Waals surface area contributed by atoms with Crippen LogP contribution in [0.1, 0.15) is 12.8 Å². The van der Waals surface area contributed by atoms with E-state index >= 15 is 0 Å². The minimum Gasteiger partial charge on any atom is -0.480 e. The second-order valence-electron chi connectivity index (χ2n) is 4.18. The van der Waals surface area contributed by atoms with Gasteiger partial charge in [0.2, 0.25) is 0 Å². The molecule has 2 amide bonds. The normalized spacial score (nSPS) is 11.5. The van der Waals surface area contributed by atoms with Crippen molar-refractivity contribution in [2.75, 3.05) is 13.7 Å². The summed E-state index contributed by atoms with van der Waals surface area (Å²) in [5.74, 6) is -1.73. The quantitative estimate of drug-likeness (QED) is 0.561. The summed E-state index contributed by atoms with van der Waals surface area (Å²) >= 11 is 0. The van der Waals surface area contributed by atoms with Gasteiger partial charge in [0.15, 0.2) is 0 Å². The Morgan fingerprint density at radius 1 is 1.43 bits per heavy atom. The maximum Gasteiger partial charge on any atom is 0.326 e. The van der Waals surface area contributed by atoms with Crippen LogP contribution in [0, 0.1) is 0 Å². The summed E-state index contributed by atoms with van der Waals surface area (Å²) in [7, 11) is 1.22. The topological polar surface area (TPSA) is 123 Å². The number of methoxy groups -OCH3 is 1. The fourth-order valence-corrected chi connectivity index (χ4v) is 1.55. The number of aromatic nitrogens is 2. The molecule has 9 nitrogen and oxygen atoms in total. The van der Waals surface area contributed by atoms with Gasteiger partial charge in [0.1, 0.15) is 6.04 Å². The SMILES string of the molecule is COC(=O)CC[C@H](NC(=O)NCCn1cccn1)C(=O)O. The highest BCUT2D eigenvalue weighted by molar-refractivity contribution is 5.83. The fraction of sp³-hybridized carbons (Fsp3) is 0.500. The molecule has 0 saturated heterocycles. The summed E-state index contributed by atoms with van der Waals surface area (Å²) < 4.78 is 6.05. The number of nitrogens with one attached hydrogen (secondary N) is 2. The molecule has 0 aliphatic carbocycles. The second kappa shape index (κ2) is 8.56. The van der Waals surface area contributed by atoms with E-state index in [2.05, 4.69) is 20.5 Å². The number of ether oxygens (including phenoxy) is 1. The lowest BCUT2D eigenvalue weighted by molar-refractivity contribution is -0.142. The highest BCUT2D eigenvalue weighted by atomic mass is 16.5. The van der Waals surface area contributed by atoms with E-state index in [9.17, 15) is 14.4 Å². The van der Waals surface area contributed by atoms with Gasteiger partial charge in [0.25, 0.3) is 0 Å². The van der Waals surface area contributed by atoms with E-state index in [1.54, 1.807) is 23.1 Å². The number of esters is 1. The van der Waals surface area contributed by atoms with Crippen LogP contribution in [0.3, 0.4) is 0 Å². The van der Waals surface area contributed by atoms with Crippen LogP contribution in [0.25, 0.3) is 0 Å². The molecule has 0 saturated carbocycles. The van der Waals surface area contributed by atoms with E-state index in [4.69, 9.17) is 5.11 Å². The predicted octanol–water partition coefficient (Wildman–Crippen LogP) is -0.411. The number of carboxylic acids is 1. The first-order chi connectivity index (χ1) is 10.0. The Kier molecular flexibility index (Phi) is 6.72. The zero-order valence-corrected chi connectivity index (χ0v) is 11.6. The third-order valence-corrected chi connectivity index (χ3v) is 2.65. The van der Waals surface area contributed by atoms with Gasteiger partial charge < -0.3 is 20.5 Å². The molecule has 1 aromatic rings. The van der Waals surface area contributed by atoms with Crippen molar-refractivity contribution in [3.05, 3.63) is 18.5 Å². The van der Waals surface area contributed by atoms with Crippen LogP contribution in [0.2, 0.25) is 0 Å². The molecule has 21 heavy (non-hydrogen) atoms. The number of hydrogen-bond donors (Lipinski definition) is 3. The van der Waals surface area contributed by atoms with Crippen LogP contribution in [-0.4, -0.2) is 52.6 Å². The van der Waals surface area contributed by atoms with Crippen LogP contribution in [0.4, 0.5) is 4.79 Å². The summed E-state index contributed by atoms with van der Waals surface area (Å²) in [6, 6.07) is 0.00101. The van der Waals surface area contributed by atoms with E-state index in [1.165, 1.54) is 7.11 Å². The molecular formula is C12H18N4O5. The minimum absolute atomic E-state index is 0.0332. The lowest BCUT2D eigenvalue weighted by Crippen LogP contribution is -2.46. The van der Waals surface area contributed by atoms with Crippen molar-refractivity contribution in [2.24, 2.45) is 0 Å². The lowest BCUT2D eigenvalue weighted by atomic mass is 10.1. The Labute approximate surface area is 121 Å². The summed E-state index contributed by atoms with van der Waals surface area (Å²) in [4.78, 5) is 33.5. The highest BCUT2D eigenvalue weighted by Crippen LogP contribution is 1.99. The number of amides is 2. The van der Waals surface area contributed by atoms with E-state index in [0.717, 1.165) is 0 Å². The minimum atomic E-state index is -1.21. The summed E-state index contributed by atoms with van der Waals surface area (Å²) in [6.07, 6.45) is 3.25. The molecule has 0 radical (unpaired) electrons. The van der Waals surface area contributed by atoms with Crippen LogP contribution >= 0.6 is 0 Å². The van der Waals surface area contributed by atoms with Crippen LogP contribution < -0.4 is 10.6 Å². The lowest BCUT2D eigenvalue weighted by Gasteiger charge is -2.14. The molecule has 0 spiro atoms. The molecule has 1 atom stereocenters. The molecule has 0 bridgehead atoms. The monoisotopic (exact) mass is 298 g/mol. The van der Waals surface area contributed by atoms with Gasteiger partial charge in [-0.3, -0.25) is 9.48 Å². The van der Waals surface area contributed by atoms with Gasteiger partial charge in [-0.15, -0.1) is 0 Å². The maximum atomic E-state index is 11.6. The van der Waals surface area contributed by atoms with E-state index in [1.807, 2.05) is 0 Å². The van der Waals surface area contributed by atoms with E-state index in [-0.39, 0.29) is 12.8 Å². The molecule has 9 heteroatoms. The number of nitrogens with zero attached hydrogens (tertiary/aromatic N) is 2. The van der Waals surface area contributed by atoms with Gasteiger partial charge in [0.05, 0.1) is 13.7 Å². The number of carbonyl (C=O) groups is 3. The number of hydrogen-bond acceptors (Lipinski definition) is 5. The zero-order valence-electron chi connectivity index (χ0n) is 11.6. The number of urea groups is 1. The van der Waals surface area contributed by atoms with Crippen molar-refractivity contribution in [1.29, 1.82) is 0 Å². The van der Waals surface area contributed by atoms with Crippen molar-refractivity contribution in [3.8, 4) is 0 Å². The molecular weight excluding hydrogens is 280 g/mol. The summed E-state index contributed by atoms with van der Waals surface area (Å²) in [6.45, 7) is 0.775. The number of carboxylic acid groups (broad SMARTS) is 1. The van der Waals surface area contributed by atoms with Gasteiger partial charge in [-0.05, 0) is 12.5 Å². The first kappa shape index (κ1) is 16.5. The van der Waals surface area contributed by atoms with Crippen molar-refractivity contribution < 1.29 is 24.2 Å². The largest absolute Gasteiger partial charge is 0.480 e. The predicted molar refractivity (Wildman–Crippen MR) is 71.4 cm³/mol. The third kappa shape index (κ3) is 6.41. The maximum absolute atomic E-state index is 11.6. The smallest absolute Gasteiger partial charge is 0.326 e. The molecule has 1 aromatic heterocycles. The molecule has 0 fully saturated rings. The van der Waals surface area contributed by atoms with E-state index in [0.29, 0.717) is 13.1 Å². The fourth-order valence-electron chi connectivity index (χ4n) is 1.55. The molecule has 1 rings (SSSR count). The third-order valence-electron chi connectivity index (χ3n) is 2.65. The molecule has 0 aliphatic heterocycles. The van der Waals surface area contributed by atoms with Crippen LogP contribution in [0.15, 0.2) is 18.5 Å². The Balaban J connectivity index is 2.31.